The molecule has 0 aromatic carbocycles. The molecule has 12 heteroatoms. The second-order valence-electron chi connectivity index (χ2n) is 3.37. The van der Waals surface area contributed by atoms with Gasteiger partial charge in [-0.15, -0.1) is 0 Å². The maximum absolute atomic E-state index is 12.0. The molecule has 2 rings (SSSR count). The summed E-state index contributed by atoms with van der Waals surface area (Å²) in [5.41, 5.74) is -1.85. The van der Waals surface area contributed by atoms with Crippen molar-refractivity contribution >= 4 is 47.7 Å². The second-order valence-corrected chi connectivity index (χ2v) is 6.59. The molecule has 20 heavy (non-hydrogen) atoms. The fourth-order valence-corrected chi connectivity index (χ4v) is 3.26. The summed E-state index contributed by atoms with van der Waals surface area (Å²) < 4.78 is 26.6. The number of sulfonamides is 1. The van der Waals surface area contributed by atoms with Crippen molar-refractivity contribution in [2.75, 3.05) is 4.72 Å². The highest BCUT2D eigenvalue weighted by Gasteiger charge is 2.21. The number of nitrogens with one attached hydrogen (secondary N) is 3. The third kappa shape index (κ3) is 3.13. The van der Waals surface area contributed by atoms with Crippen LogP contribution in [0.5, 0.6) is 0 Å². The van der Waals surface area contributed by atoms with Gasteiger partial charge in [0.25, 0.3) is 15.6 Å². The molecule has 3 N–H and O–H groups in total. The van der Waals surface area contributed by atoms with Gasteiger partial charge >= 0.3 is 5.69 Å². The molecule has 0 amide bonds. The minimum absolute atomic E-state index is 0.0983. The zero-order valence-electron chi connectivity index (χ0n) is 9.35. The van der Waals surface area contributed by atoms with Crippen LogP contribution in [0.3, 0.4) is 0 Å². The summed E-state index contributed by atoms with van der Waals surface area (Å²) in [5.74, 6) is -0.0983. The van der Waals surface area contributed by atoms with Crippen molar-refractivity contribution in [1.29, 1.82) is 0 Å². The third-order valence-electron chi connectivity index (χ3n) is 2.01. The lowest BCUT2D eigenvalue weighted by Gasteiger charge is -2.07. The Balaban J connectivity index is 2.46. The summed E-state index contributed by atoms with van der Waals surface area (Å²) in [6, 6.07) is 0. The zero-order chi connectivity index (χ0) is 14.9. The van der Waals surface area contributed by atoms with Gasteiger partial charge < -0.3 is 4.98 Å². The average Bonchev–Trinajstić information content (AvgIpc) is 2.32. The van der Waals surface area contributed by atoms with E-state index in [1.165, 1.54) is 6.20 Å². The highest BCUT2D eigenvalue weighted by atomic mass is 79.9. The Kier molecular flexibility index (Phi) is 4.06. The van der Waals surface area contributed by atoms with Crippen LogP contribution in [0.4, 0.5) is 5.82 Å². The monoisotopic (exact) mass is 425 g/mol. The number of H-pyrrole nitrogens is 2. The van der Waals surface area contributed by atoms with Gasteiger partial charge in [0.2, 0.25) is 0 Å². The van der Waals surface area contributed by atoms with Crippen LogP contribution in [-0.4, -0.2) is 28.4 Å². The van der Waals surface area contributed by atoms with Crippen molar-refractivity contribution < 1.29 is 8.42 Å². The van der Waals surface area contributed by atoms with Gasteiger partial charge in [0.1, 0.15) is 4.60 Å². The SMILES string of the molecule is O=c1[nH]cc(S(=O)(=O)Nc2ncc(Br)nc2Br)c(=O)[nH]1. The van der Waals surface area contributed by atoms with Gasteiger partial charge in [0, 0.05) is 6.20 Å². The lowest BCUT2D eigenvalue weighted by Crippen LogP contribution is -2.29. The van der Waals surface area contributed by atoms with Crippen molar-refractivity contribution in [3.05, 3.63) is 42.4 Å². The van der Waals surface area contributed by atoms with E-state index in [1.54, 1.807) is 0 Å². The molecule has 0 saturated heterocycles. The number of aromatic nitrogens is 4. The number of rotatable bonds is 3. The molecular formula is C8H5Br2N5O4S. The van der Waals surface area contributed by atoms with E-state index in [0.29, 0.717) is 4.60 Å². The van der Waals surface area contributed by atoms with Crippen LogP contribution in [0, 0.1) is 0 Å². The predicted molar refractivity (Wildman–Crippen MR) is 75.9 cm³/mol. The Morgan fingerprint density at radius 3 is 2.55 bits per heavy atom. The number of anilines is 1. The van der Waals surface area contributed by atoms with Gasteiger partial charge in [0.15, 0.2) is 15.3 Å². The molecule has 0 atom stereocenters. The lowest BCUT2D eigenvalue weighted by molar-refractivity contribution is 0.598. The van der Waals surface area contributed by atoms with Crippen molar-refractivity contribution in [3.63, 3.8) is 0 Å². The molecule has 0 spiro atoms. The van der Waals surface area contributed by atoms with E-state index >= 15 is 0 Å². The fraction of sp³-hybridized carbons (Fsp3) is 0. The highest BCUT2D eigenvalue weighted by molar-refractivity contribution is 9.11. The zero-order valence-corrected chi connectivity index (χ0v) is 13.3. The fourth-order valence-electron chi connectivity index (χ4n) is 1.19. The van der Waals surface area contributed by atoms with E-state index in [4.69, 9.17) is 0 Å². The first kappa shape index (κ1) is 14.9. The van der Waals surface area contributed by atoms with Crippen LogP contribution in [-0.2, 0) is 10.0 Å². The summed E-state index contributed by atoms with van der Waals surface area (Å²) >= 11 is 6.09. The van der Waals surface area contributed by atoms with Crippen LogP contribution in [0.15, 0.2) is 36.1 Å². The lowest BCUT2D eigenvalue weighted by atomic mass is 10.7. The van der Waals surface area contributed by atoms with E-state index in [-0.39, 0.29) is 10.4 Å². The van der Waals surface area contributed by atoms with Gasteiger partial charge in [-0.2, -0.15) is 0 Å². The average molecular weight is 427 g/mol. The summed E-state index contributed by atoms with van der Waals surface area (Å²) in [5, 5.41) is 0. The van der Waals surface area contributed by atoms with Gasteiger partial charge in [0.05, 0.1) is 6.20 Å². The maximum atomic E-state index is 12.0. The minimum Gasteiger partial charge on any atom is -0.313 e. The standard InChI is InChI=1S/C8H5Br2N5O4S/c9-4-2-11-6(5(10)13-4)15-20(18,19)3-1-12-8(17)14-7(3)16/h1-2H,(H,11,15)(H2,12,14,16,17). The van der Waals surface area contributed by atoms with Gasteiger partial charge in [-0.05, 0) is 31.9 Å². The van der Waals surface area contributed by atoms with E-state index in [9.17, 15) is 18.0 Å². The number of hydrogen-bond donors (Lipinski definition) is 3. The molecule has 0 radical (unpaired) electrons. The molecule has 0 aliphatic heterocycles. The summed E-state index contributed by atoms with van der Waals surface area (Å²) in [4.78, 5) is 33.3. The molecule has 0 fully saturated rings. The molecule has 106 valence electrons. The Morgan fingerprint density at radius 2 is 1.95 bits per heavy atom. The minimum atomic E-state index is -4.21. The second kappa shape index (κ2) is 5.46. The van der Waals surface area contributed by atoms with E-state index in [1.807, 2.05) is 4.98 Å². The van der Waals surface area contributed by atoms with E-state index in [2.05, 4.69) is 51.5 Å². The Hall–Kier alpha value is -1.53. The number of nitrogens with zero attached hydrogens (tertiary/aromatic N) is 2. The number of aromatic amines is 2. The van der Waals surface area contributed by atoms with Crippen molar-refractivity contribution in [1.82, 2.24) is 19.9 Å². The first-order valence-electron chi connectivity index (χ1n) is 4.82. The third-order valence-corrected chi connectivity index (χ3v) is 4.29. The molecule has 2 heterocycles. The number of halogens is 2. The molecular weight excluding hydrogens is 422 g/mol. The molecule has 2 aromatic rings. The highest BCUT2D eigenvalue weighted by Crippen LogP contribution is 2.21. The quantitative estimate of drug-likeness (QED) is 0.639. The van der Waals surface area contributed by atoms with Gasteiger partial charge in [-0.25, -0.2) is 23.2 Å². The summed E-state index contributed by atoms with van der Waals surface area (Å²) in [7, 11) is -4.21. The molecule has 0 aliphatic rings. The molecule has 0 bridgehead atoms. The topological polar surface area (TPSA) is 138 Å². The molecule has 0 unspecified atom stereocenters. The first-order valence-corrected chi connectivity index (χ1v) is 7.89. The van der Waals surface area contributed by atoms with Crippen molar-refractivity contribution in [2.24, 2.45) is 0 Å². The Bertz CT molecular complexity index is 875. The van der Waals surface area contributed by atoms with Crippen LogP contribution in [0.1, 0.15) is 0 Å². The van der Waals surface area contributed by atoms with E-state index < -0.39 is 26.2 Å². The van der Waals surface area contributed by atoms with Crippen LogP contribution >= 0.6 is 31.9 Å². The van der Waals surface area contributed by atoms with Crippen LogP contribution in [0.25, 0.3) is 0 Å². The Labute approximate surface area is 128 Å². The van der Waals surface area contributed by atoms with Gasteiger partial charge in [-0.3, -0.25) is 14.5 Å². The van der Waals surface area contributed by atoms with Crippen molar-refractivity contribution in [3.8, 4) is 0 Å². The van der Waals surface area contributed by atoms with Crippen LogP contribution in [0.2, 0.25) is 0 Å². The van der Waals surface area contributed by atoms with Crippen molar-refractivity contribution in [2.45, 2.75) is 4.90 Å². The molecule has 2 aromatic heterocycles. The van der Waals surface area contributed by atoms with Gasteiger partial charge in [-0.1, -0.05) is 0 Å². The molecule has 0 saturated carbocycles. The molecule has 9 nitrogen and oxygen atoms in total. The Morgan fingerprint density at radius 1 is 1.25 bits per heavy atom. The first-order chi connectivity index (χ1) is 9.29. The smallest absolute Gasteiger partial charge is 0.313 e. The maximum Gasteiger partial charge on any atom is 0.325 e. The number of hydrogen-bond acceptors (Lipinski definition) is 6. The summed E-state index contributed by atoms with van der Waals surface area (Å²) in [6.07, 6.45) is 2.07. The van der Waals surface area contributed by atoms with E-state index in [0.717, 1.165) is 6.20 Å². The van der Waals surface area contributed by atoms with Crippen LogP contribution < -0.4 is 16.0 Å². The summed E-state index contributed by atoms with van der Waals surface area (Å²) in [6.45, 7) is 0. The molecule has 0 aliphatic carbocycles. The predicted octanol–water partition coefficient (Wildman–Crippen LogP) is 0.179. The normalized spacial score (nSPS) is 11.3. The largest absolute Gasteiger partial charge is 0.325 e.